The first-order valence-corrected chi connectivity index (χ1v) is 10.5. The van der Waals surface area contributed by atoms with Crippen LogP contribution in [0.3, 0.4) is 0 Å². The van der Waals surface area contributed by atoms with E-state index in [1.54, 1.807) is 13.8 Å². The van der Waals surface area contributed by atoms with Gasteiger partial charge in [-0.15, -0.1) is 0 Å². The van der Waals surface area contributed by atoms with Gasteiger partial charge < -0.3 is 59.6 Å². The summed E-state index contributed by atoms with van der Waals surface area (Å²) in [5.74, 6) is -0.490. The number of aliphatic hydroxyl groups is 6. The summed E-state index contributed by atoms with van der Waals surface area (Å²) < 4.78 is 27.5. The lowest BCUT2D eigenvalue weighted by Gasteiger charge is -2.43. The highest BCUT2D eigenvalue weighted by Crippen LogP contribution is 2.26. The van der Waals surface area contributed by atoms with Gasteiger partial charge in [0, 0.05) is 13.5 Å². The second-order valence-corrected chi connectivity index (χ2v) is 7.84. The fourth-order valence-electron chi connectivity index (χ4n) is 3.66. The quantitative estimate of drug-likeness (QED) is 0.165. The number of rotatable bonds is 10. The summed E-state index contributed by atoms with van der Waals surface area (Å²) in [6, 6.07) is -1.12. The standard InChI is InChI=1S/C19H35NO12/c1-4-28-19-16(27)15(26)17(11(6-22)32-19)29-7-8(2)30-18-12(20-9(3)23)14(25)13(24)10(5-21)31-18/h8,10-19,21-22,24-27H,4-7H2,1-3H3,(H,20,23). The van der Waals surface area contributed by atoms with Crippen molar-refractivity contribution in [3.63, 3.8) is 0 Å². The summed E-state index contributed by atoms with van der Waals surface area (Å²) in [6.45, 7) is 3.50. The molecule has 188 valence electrons. The summed E-state index contributed by atoms with van der Waals surface area (Å²) >= 11 is 0. The molecule has 2 rings (SSSR count). The molecule has 2 fully saturated rings. The molecule has 11 atom stereocenters. The third kappa shape index (κ3) is 6.55. The van der Waals surface area contributed by atoms with Gasteiger partial charge in [0.2, 0.25) is 5.91 Å². The molecule has 0 saturated carbocycles. The van der Waals surface area contributed by atoms with Crippen molar-refractivity contribution in [2.75, 3.05) is 26.4 Å². The Morgan fingerprint density at radius 1 is 0.938 bits per heavy atom. The maximum Gasteiger partial charge on any atom is 0.217 e. The minimum Gasteiger partial charge on any atom is -0.394 e. The molecule has 0 aliphatic carbocycles. The van der Waals surface area contributed by atoms with Gasteiger partial charge in [-0.1, -0.05) is 0 Å². The topological polar surface area (TPSA) is 197 Å². The molecule has 2 aliphatic rings. The van der Waals surface area contributed by atoms with Crippen LogP contribution in [0.1, 0.15) is 20.8 Å². The Morgan fingerprint density at radius 3 is 2.12 bits per heavy atom. The van der Waals surface area contributed by atoms with E-state index < -0.39 is 86.6 Å². The molecule has 2 heterocycles. The molecule has 1 amide bonds. The van der Waals surface area contributed by atoms with E-state index in [0.717, 1.165) is 0 Å². The first-order chi connectivity index (χ1) is 15.1. The van der Waals surface area contributed by atoms with E-state index >= 15 is 0 Å². The molecule has 0 bridgehead atoms. The molecular weight excluding hydrogens is 434 g/mol. The summed E-state index contributed by atoms with van der Waals surface area (Å²) in [5.41, 5.74) is 0. The lowest BCUT2D eigenvalue weighted by atomic mass is 9.97. The molecule has 0 aromatic heterocycles. The first-order valence-electron chi connectivity index (χ1n) is 10.5. The number of ether oxygens (including phenoxy) is 5. The molecule has 0 aromatic rings. The Morgan fingerprint density at radius 2 is 1.56 bits per heavy atom. The van der Waals surface area contributed by atoms with E-state index in [4.69, 9.17) is 23.7 Å². The first kappa shape index (κ1) is 27.3. The Bertz CT molecular complexity index is 581. The third-order valence-corrected chi connectivity index (χ3v) is 5.29. The summed E-state index contributed by atoms with van der Waals surface area (Å²) in [5, 5.41) is 62.4. The largest absolute Gasteiger partial charge is 0.394 e. The average Bonchev–Trinajstić information content (AvgIpc) is 2.75. The zero-order valence-corrected chi connectivity index (χ0v) is 18.3. The molecule has 11 unspecified atom stereocenters. The van der Waals surface area contributed by atoms with E-state index in [1.165, 1.54) is 6.92 Å². The van der Waals surface area contributed by atoms with Crippen molar-refractivity contribution in [3.8, 4) is 0 Å². The number of carbonyl (C=O) groups excluding carboxylic acids is 1. The molecule has 13 heteroatoms. The van der Waals surface area contributed by atoms with Gasteiger partial charge >= 0.3 is 0 Å². The average molecular weight is 469 g/mol. The number of carbonyl (C=O) groups is 1. The predicted molar refractivity (Wildman–Crippen MR) is 105 cm³/mol. The van der Waals surface area contributed by atoms with E-state index in [9.17, 15) is 35.4 Å². The molecular formula is C19H35NO12. The van der Waals surface area contributed by atoms with Crippen LogP contribution in [-0.2, 0) is 28.5 Å². The second kappa shape index (κ2) is 12.5. The van der Waals surface area contributed by atoms with Crippen LogP contribution in [0.5, 0.6) is 0 Å². The highest BCUT2D eigenvalue weighted by atomic mass is 16.7. The van der Waals surface area contributed by atoms with Crippen LogP contribution in [0.15, 0.2) is 0 Å². The summed E-state index contributed by atoms with van der Waals surface area (Å²) in [6.07, 6.45) is -12.0. The number of amides is 1. The van der Waals surface area contributed by atoms with Crippen molar-refractivity contribution in [2.45, 2.75) is 88.2 Å². The van der Waals surface area contributed by atoms with Crippen molar-refractivity contribution < 1.29 is 59.1 Å². The van der Waals surface area contributed by atoms with Crippen molar-refractivity contribution in [1.82, 2.24) is 5.32 Å². The van der Waals surface area contributed by atoms with E-state index in [2.05, 4.69) is 5.32 Å². The van der Waals surface area contributed by atoms with Gasteiger partial charge in [-0.2, -0.15) is 0 Å². The van der Waals surface area contributed by atoms with Crippen LogP contribution in [0.2, 0.25) is 0 Å². The minimum atomic E-state index is -1.46. The summed E-state index contributed by atoms with van der Waals surface area (Å²) in [7, 11) is 0. The van der Waals surface area contributed by atoms with Gasteiger partial charge in [0.1, 0.15) is 48.8 Å². The van der Waals surface area contributed by atoms with Crippen LogP contribution in [0.4, 0.5) is 0 Å². The lowest BCUT2D eigenvalue weighted by molar-refractivity contribution is -0.314. The zero-order valence-electron chi connectivity index (χ0n) is 18.3. The van der Waals surface area contributed by atoms with Gasteiger partial charge in [-0.25, -0.2) is 0 Å². The number of aliphatic hydroxyl groups excluding tert-OH is 6. The van der Waals surface area contributed by atoms with E-state index in [-0.39, 0.29) is 13.2 Å². The zero-order chi connectivity index (χ0) is 24.0. The smallest absolute Gasteiger partial charge is 0.217 e. The second-order valence-electron chi connectivity index (χ2n) is 7.84. The predicted octanol–water partition coefficient (Wildman–Crippen LogP) is -3.80. The highest BCUT2D eigenvalue weighted by Gasteiger charge is 2.47. The minimum absolute atomic E-state index is 0.150. The van der Waals surface area contributed by atoms with Crippen LogP contribution in [-0.4, -0.2) is 130 Å². The maximum absolute atomic E-state index is 11.5. The fourth-order valence-corrected chi connectivity index (χ4v) is 3.66. The van der Waals surface area contributed by atoms with Crippen LogP contribution < -0.4 is 5.32 Å². The molecule has 7 N–H and O–H groups in total. The molecule has 2 aliphatic heterocycles. The maximum atomic E-state index is 11.5. The molecule has 0 radical (unpaired) electrons. The Balaban J connectivity index is 2.00. The molecule has 13 nitrogen and oxygen atoms in total. The molecule has 32 heavy (non-hydrogen) atoms. The lowest BCUT2D eigenvalue weighted by Crippen LogP contribution is -2.65. The highest BCUT2D eigenvalue weighted by molar-refractivity contribution is 5.73. The van der Waals surface area contributed by atoms with Crippen molar-refractivity contribution in [1.29, 1.82) is 0 Å². The monoisotopic (exact) mass is 469 g/mol. The van der Waals surface area contributed by atoms with Crippen LogP contribution in [0.25, 0.3) is 0 Å². The van der Waals surface area contributed by atoms with Gasteiger partial charge in [0.15, 0.2) is 12.6 Å². The van der Waals surface area contributed by atoms with Gasteiger partial charge in [0.05, 0.1) is 25.9 Å². The molecule has 2 saturated heterocycles. The van der Waals surface area contributed by atoms with Gasteiger partial charge in [-0.3, -0.25) is 4.79 Å². The summed E-state index contributed by atoms with van der Waals surface area (Å²) in [4.78, 5) is 11.5. The van der Waals surface area contributed by atoms with Gasteiger partial charge in [-0.05, 0) is 13.8 Å². The van der Waals surface area contributed by atoms with Crippen molar-refractivity contribution in [3.05, 3.63) is 0 Å². The molecule has 0 aromatic carbocycles. The van der Waals surface area contributed by atoms with Crippen molar-refractivity contribution >= 4 is 5.91 Å². The third-order valence-electron chi connectivity index (χ3n) is 5.29. The fraction of sp³-hybridized carbons (Fsp3) is 0.947. The van der Waals surface area contributed by atoms with E-state index in [1.807, 2.05) is 0 Å². The van der Waals surface area contributed by atoms with Crippen LogP contribution in [0, 0.1) is 0 Å². The van der Waals surface area contributed by atoms with Crippen LogP contribution >= 0.6 is 0 Å². The SMILES string of the molecule is CCOC1OC(CO)C(OCC(C)OC2OC(CO)C(O)C(O)C2NC(C)=O)C(O)C1O. The molecule has 0 spiro atoms. The van der Waals surface area contributed by atoms with Crippen molar-refractivity contribution in [2.24, 2.45) is 0 Å². The van der Waals surface area contributed by atoms with Gasteiger partial charge in [0.25, 0.3) is 0 Å². The Hall–Kier alpha value is -0.970. The Kier molecular flexibility index (Phi) is 10.6. The number of hydrogen-bond donors (Lipinski definition) is 7. The number of nitrogens with one attached hydrogen (secondary N) is 1. The normalized spacial score (nSPS) is 41.3. The van der Waals surface area contributed by atoms with E-state index in [0.29, 0.717) is 0 Å². The Labute approximate surface area is 185 Å². The number of hydrogen-bond acceptors (Lipinski definition) is 12.